The average Bonchev–Trinajstić information content (AvgIpc) is 3.22. The fraction of sp³-hybridized carbons (Fsp3) is 0.130. The molecule has 0 saturated heterocycles. The third-order valence-electron chi connectivity index (χ3n) is 5.20. The monoisotopic (exact) mass is 413 g/mol. The van der Waals surface area contributed by atoms with Gasteiger partial charge in [0.05, 0.1) is 11.4 Å². The second-order valence-corrected chi connectivity index (χ2v) is 7.18. The van der Waals surface area contributed by atoms with Crippen LogP contribution in [0.5, 0.6) is 5.75 Å². The third-order valence-corrected chi connectivity index (χ3v) is 5.20. The first-order valence-corrected chi connectivity index (χ1v) is 9.83. The number of hydrogen-bond acceptors (Lipinski definition) is 5. The Morgan fingerprint density at radius 1 is 1.03 bits per heavy atom. The van der Waals surface area contributed by atoms with E-state index in [9.17, 15) is 9.59 Å². The van der Waals surface area contributed by atoms with Crippen molar-refractivity contribution in [2.24, 2.45) is 0 Å². The summed E-state index contributed by atoms with van der Waals surface area (Å²) >= 11 is 0. The average molecular weight is 413 g/mol. The van der Waals surface area contributed by atoms with Gasteiger partial charge in [-0.25, -0.2) is 9.50 Å². The van der Waals surface area contributed by atoms with Gasteiger partial charge in [-0.05, 0) is 24.3 Å². The minimum absolute atomic E-state index is 0.0133. The Morgan fingerprint density at radius 3 is 2.65 bits per heavy atom. The number of nitrogens with zero attached hydrogens (tertiary/aromatic N) is 4. The van der Waals surface area contributed by atoms with Crippen LogP contribution in [0, 0.1) is 0 Å². The number of pyridine rings is 1. The summed E-state index contributed by atoms with van der Waals surface area (Å²) in [6.45, 7) is 0.0224. The van der Waals surface area contributed by atoms with Crippen molar-refractivity contribution in [3.05, 3.63) is 78.6 Å². The van der Waals surface area contributed by atoms with Crippen molar-refractivity contribution >= 4 is 23.1 Å². The highest BCUT2D eigenvalue weighted by molar-refractivity contribution is 6.02. The number of anilines is 1. The van der Waals surface area contributed by atoms with Crippen molar-refractivity contribution in [3.8, 4) is 17.0 Å². The number of benzene rings is 2. The van der Waals surface area contributed by atoms with Crippen LogP contribution in [0.15, 0.2) is 72.8 Å². The zero-order chi connectivity index (χ0) is 21.4. The minimum Gasteiger partial charge on any atom is -0.489 e. The Hall–Kier alpha value is -4.20. The molecule has 31 heavy (non-hydrogen) atoms. The Balaban J connectivity index is 1.42. The number of ether oxygens (including phenoxy) is 1. The molecule has 2 aromatic heterocycles. The van der Waals surface area contributed by atoms with Gasteiger partial charge in [-0.1, -0.05) is 48.5 Å². The van der Waals surface area contributed by atoms with Gasteiger partial charge in [0.25, 0.3) is 11.8 Å². The molecule has 5 rings (SSSR count). The summed E-state index contributed by atoms with van der Waals surface area (Å²) < 4.78 is 7.37. The first-order chi connectivity index (χ1) is 15.1. The number of aromatic nitrogens is 3. The molecule has 2 aromatic carbocycles. The molecule has 1 atom stereocenters. The molecule has 2 amide bonds. The third kappa shape index (κ3) is 3.38. The predicted molar refractivity (Wildman–Crippen MR) is 115 cm³/mol. The fourth-order valence-electron chi connectivity index (χ4n) is 3.61. The van der Waals surface area contributed by atoms with E-state index in [0.29, 0.717) is 17.1 Å². The van der Waals surface area contributed by atoms with Crippen LogP contribution >= 0.6 is 0 Å². The second kappa shape index (κ2) is 7.56. The van der Waals surface area contributed by atoms with Gasteiger partial charge in [-0.15, -0.1) is 5.10 Å². The van der Waals surface area contributed by atoms with E-state index >= 15 is 0 Å². The van der Waals surface area contributed by atoms with E-state index in [1.165, 1.54) is 4.90 Å². The SMILES string of the molecule is CN1C(=O)[C@@H](NC(=O)c2nc3cccc(-c4ccccc4)n3n2)COc2ccccc21. The summed E-state index contributed by atoms with van der Waals surface area (Å²) in [4.78, 5) is 31.6. The molecule has 8 nitrogen and oxygen atoms in total. The number of carbonyl (C=O) groups excluding carboxylic acids is 2. The number of likely N-dealkylation sites (N-methyl/N-ethyl adjacent to an activating group) is 1. The van der Waals surface area contributed by atoms with E-state index in [2.05, 4.69) is 15.4 Å². The number of para-hydroxylation sites is 2. The Morgan fingerprint density at radius 2 is 1.81 bits per heavy atom. The van der Waals surface area contributed by atoms with Gasteiger partial charge in [0.2, 0.25) is 5.82 Å². The molecular formula is C23H19N5O3. The number of amides is 2. The van der Waals surface area contributed by atoms with Gasteiger partial charge in [-0.3, -0.25) is 9.59 Å². The van der Waals surface area contributed by atoms with E-state index in [0.717, 1.165) is 11.3 Å². The summed E-state index contributed by atoms with van der Waals surface area (Å²) in [5, 5.41) is 7.11. The molecule has 3 heterocycles. The van der Waals surface area contributed by atoms with Gasteiger partial charge in [0, 0.05) is 12.6 Å². The number of hydrogen-bond donors (Lipinski definition) is 1. The minimum atomic E-state index is -0.856. The largest absolute Gasteiger partial charge is 0.489 e. The lowest BCUT2D eigenvalue weighted by molar-refractivity contribution is -0.120. The van der Waals surface area contributed by atoms with Gasteiger partial charge in [0.15, 0.2) is 5.65 Å². The van der Waals surface area contributed by atoms with Crippen molar-refractivity contribution in [1.82, 2.24) is 19.9 Å². The normalized spacial score (nSPS) is 15.8. The van der Waals surface area contributed by atoms with E-state index in [1.807, 2.05) is 54.6 Å². The maximum absolute atomic E-state index is 12.9. The highest BCUT2D eigenvalue weighted by Crippen LogP contribution is 2.29. The van der Waals surface area contributed by atoms with Crippen molar-refractivity contribution in [2.75, 3.05) is 18.6 Å². The quantitative estimate of drug-likeness (QED) is 0.558. The van der Waals surface area contributed by atoms with Gasteiger partial charge in [0.1, 0.15) is 18.4 Å². The lowest BCUT2D eigenvalue weighted by Gasteiger charge is -2.19. The number of carbonyl (C=O) groups is 2. The Bertz CT molecular complexity index is 1280. The lowest BCUT2D eigenvalue weighted by Crippen LogP contribution is -2.49. The lowest BCUT2D eigenvalue weighted by atomic mass is 10.1. The topological polar surface area (TPSA) is 88.8 Å². The van der Waals surface area contributed by atoms with Gasteiger partial charge < -0.3 is 15.0 Å². The molecule has 1 N–H and O–H groups in total. The molecule has 0 bridgehead atoms. The highest BCUT2D eigenvalue weighted by Gasteiger charge is 2.31. The molecular weight excluding hydrogens is 394 g/mol. The molecule has 4 aromatic rings. The highest BCUT2D eigenvalue weighted by atomic mass is 16.5. The van der Waals surface area contributed by atoms with Crippen LogP contribution in [0.3, 0.4) is 0 Å². The van der Waals surface area contributed by atoms with Crippen LogP contribution in [-0.2, 0) is 4.79 Å². The van der Waals surface area contributed by atoms with Crippen LogP contribution in [0.25, 0.3) is 16.9 Å². The molecule has 154 valence electrons. The smallest absolute Gasteiger partial charge is 0.291 e. The van der Waals surface area contributed by atoms with E-state index < -0.39 is 11.9 Å². The summed E-state index contributed by atoms with van der Waals surface area (Å²) in [6.07, 6.45) is 0. The molecule has 0 fully saturated rings. The maximum Gasteiger partial charge on any atom is 0.291 e. The van der Waals surface area contributed by atoms with Crippen molar-refractivity contribution in [3.63, 3.8) is 0 Å². The van der Waals surface area contributed by atoms with Crippen molar-refractivity contribution < 1.29 is 14.3 Å². The van der Waals surface area contributed by atoms with E-state index in [1.54, 1.807) is 29.8 Å². The first kappa shape index (κ1) is 18.8. The zero-order valence-electron chi connectivity index (χ0n) is 16.7. The predicted octanol–water partition coefficient (Wildman–Crippen LogP) is 2.55. The molecule has 0 spiro atoms. The number of nitrogens with one attached hydrogen (secondary N) is 1. The van der Waals surface area contributed by atoms with Crippen LogP contribution in [-0.4, -0.2) is 46.1 Å². The Kier molecular flexibility index (Phi) is 4.59. The molecule has 0 aliphatic carbocycles. The summed E-state index contributed by atoms with van der Waals surface area (Å²) in [6, 6.07) is 21.7. The second-order valence-electron chi connectivity index (χ2n) is 7.18. The fourth-order valence-corrected chi connectivity index (χ4v) is 3.61. The van der Waals surface area contributed by atoms with Gasteiger partial charge in [-0.2, -0.15) is 0 Å². The zero-order valence-corrected chi connectivity index (χ0v) is 16.7. The van der Waals surface area contributed by atoms with E-state index in [4.69, 9.17) is 4.74 Å². The molecule has 8 heteroatoms. The molecule has 1 aliphatic heterocycles. The molecule has 0 radical (unpaired) electrons. The van der Waals surface area contributed by atoms with E-state index in [-0.39, 0.29) is 18.3 Å². The maximum atomic E-state index is 12.9. The summed E-state index contributed by atoms with van der Waals surface area (Å²) in [5.74, 6) is -0.231. The van der Waals surface area contributed by atoms with Crippen LogP contribution in [0.4, 0.5) is 5.69 Å². The Labute approximate surface area is 178 Å². The number of rotatable bonds is 3. The van der Waals surface area contributed by atoms with Gasteiger partial charge >= 0.3 is 0 Å². The van der Waals surface area contributed by atoms with Crippen LogP contribution in [0.1, 0.15) is 10.6 Å². The first-order valence-electron chi connectivity index (χ1n) is 9.83. The summed E-state index contributed by atoms with van der Waals surface area (Å²) in [5.41, 5.74) is 2.97. The van der Waals surface area contributed by atoms with Crippen molar-refractivity contribution in [1.29, 1.82) is 0 Å². The van der Waals surface area contributed by atoms with Crippen LogP contribution in [0.2, 0.25) is 0 Å². The van der Waals surface area contributed by atoms with Crippen molar-refractivity contribution in [2.45, 2.75) is 6.04 Å². The van der Waals surface area contributed by atoms with Crippen LogP contribution < -0.4 is 15.0 Å². The molecule has 1 aliphatic rings. The molecule has 0 unspecified atom stereocenters. The molecule has 0 saturated carbocycles. The number of fused-ring (bicyclic) bond motifs is 2. The summed E-state index contributed by atoms with van der Waals surface area (Å²) in [7, 11) is 1.66. The standard InChI is InChI=1S/C23H19N5O3/c1-27-18-10-5-6-12-19(18)31-14-16(23(27)30)24-22(29)21-25-20-13-7-11-17(28(20)26-21)15-8-3-2-4-9-15/h2-13,16H,14H2,1H3,(H,24,29)/t16-/m0/s1.